The van der Waals surface area contributed by atoms with Gasteiger partial charge in [-0.15, -0.1) is 0 Å². The molecule has 1 saturated carbocycles. The van der Waals surface area contributed by atoms with Crippen molar-refractivity contribution >= 4 is 11.6 Å². The fourth-order valence-electron chi connectivity index (χ4n) is 4.27. The molecule has 1 rings (SSSR count). The van der Waals surface area contributed by atoms with Gasteiger partial charge in [0.2, 0.25) is 0 Å². The Morgan fingerprint density at radius 1 is 1.33 bits per heavy atom. The number of allylic oxidation sites excluding steroid dienone is 1. The molecule has 1 aliphatic rings. The third-order valence-corrected chi connectivity index (χ3v) is 6.49. The van der Waals surface area contributed by atoms with E-state index in [2.05, 4.69) is 41.2 Å². The Bertz CT molecular complexity index is 419. The van der Waals surface area contributed by atoms with Crippen LogP contribution >= 0.6 is 0 Å². The number of rotatable bonds is 8. The van der Waals surface area contributed by atoms with E-state index in [0.29, 0.717) is 0 Å². The number of ketones is 2. The molecule has 120 valence electrons. The fraction of sp³-hybridized carbons (Fsp3) is 0.789. The summed E-state index contributed by atoms with van der Waals surface area (Å²) in [5.74, 6) is 0.480. The highest BCUT2D eigenvalue weighted by molar-refractivity contribution is 5.93. The van der Waals surface area contributed by atoms with Crippen molar-refractivity contribution in [2.75, 3.05) is 0 Å². The maximum absolute atomic E-state index is 12.7. The zero-order chi connectivity index (χ0) is 16.4. The number of carbonyl (C=O) groups is 2. The van der Waals surface area contributed by atoms with Crippen molar-refractivity contribution in [3.05, 3.63) is 12.7 Å². The van der Waals surface area contributed by atoms with Crippen molar-refractivity contribution in [3.8, 4) is 0 Å². The first kappa shape index (κ1) is 18.1. The van der Waals surface area contributed by atoms with Gasteiger partial charge in [-0.1, -0.05) is 60.5 Å². The molecule has 0 aromatic carbocycles. The molecule has 21 heavy (non-hydrogen) atoms. The van der Waals surface area contributed by atoms with E-state index >= 15 is 0 Å². The third-order valence-electron chi connectivity index (χ3n) is 6.49. The Morgan fingerprint density at radius 3 is 2.19 bits per heavy atom. The lowest BCUT2D eigenvalue weighted by atomic mass is 9.44. The number of Topliss-reactive ketones (excluding diaryl/α,β-unsaturated/α-hetero) is 1. The molecule has 4 unspecified atom stereocenters. The van der Waals surface area contributed by atoms with Gasteiger partial charge in [-0.25, -0.2) is 0 Å². The molecule has 2 nitrogen and oxygen atoms in total. The summed E-state index contributed by atoms with van der Waals surface area (Å²) in [5, 5.41) is 0. The second kappa shape index (κ2) is 6.46. The van der Waals surface area contributed by atoms with Crippen LogP contribution in [-0.4, -0.2) is 11.6 Å². The molecular formula is C19H32O2. The monoisotopic (exact) mass is 292 g/mol. The summed E-state index contributed by atoms with van der Waals surface area (Å²) in [6, 6.07) is 0. The maximum atomic E-state index is 12.7. The first-order chi connectivity index (χ1) is 9.70. The maximum Gasteiger partial charge on any atom is 0.159 e. The average Bonchev–Trinajstić information content (AvgIpc) is 2.47. The van der Waals surface area contributed by atoms with Gasteiger partial charge in [-0.3, -0.25) is 9.59 Å². The summed E-state index contributed by atoms with van der Waals surface area (Å²) in [6.07, 6.45) is 5.32. The molecule has 2 heteroatoms. The molecule has 0 aromatic heterocycles. The Morgan fingerprint density at radius 2 is 1.86 bits per heavy atom. The Balaban J connectivity index is 3.31. The van der Waals surface area contributed by atoms with Crippen LogP contribution in [0.3, 0.4) is 0 Å². The number of carbonyl (C=O) groups excluding carboxylic acids is 2. The second-order valence-corrected chi connectivity index (χ2v) is 7.40. The highest BCUT2D eigenvalue weighted by Gasteiger charge is 2.58. The molecule has 0 amide bonds. The highest BCUT2D eigenvalue weighted by Crippen LogP contribution is 2.61. The van der Waals surface area contributed by atoms with E-state index in [9.17, 15) is 9.59 Å². The van der Waals surface area contributed by atoms with Gasteiger partial charge in [-0.2, -0.15) is 0 Å². The van der Waals surface area contributed by atoms with E-state index in [0.717, 1.165) is 25.7 Å². The minimum absolute atomic E-state index is 0.0428. The Labute approximate surface area is 130 Å². The van der Waals surface area contributed by atoms with E-state index in [4.69, 9.17) is 0 Å². The zero-order valence-corrected chi connectivity index (χ0v) is 14.7. The fourth-order valence-corrected chi connectivity index (χ4v) is 4.27. The first-order valence-electron chi connectivity index (χ1n) is 8.37. The Hall–Kier alpha value is -0.920. The van der Waals surface area contributed by atoms with Crippen LogP contribution in [0.5, 0.6) is 0 Å². The van der Waals surface area contributed by atoms with Gasteiger partial charge < -0.3 is 0 Å². The van der Waals surface area contributed by atoms with Crippen LogP contribution in [0.2, 0.25) is 0 Å². The van der Waals surface area contributed by atoms with Gasteiger partial charge in [0.05, 0.1) is 0 Å². The predicted octanol–water partition coefficient (Wildman–Crippen LogP) is 4.83. The molecule has 0 spiro atoms. The summed E-state index contributed by atoms with van der Waals surface area (Å²) in [4.78, 5) is 24.7. The topological polar surface area (TPSA) is 34.1 Å². The van der Waals surface area contributed by atoms with Crippen LogP contribution in [0.15, 0.2) is 12.7 Å². The van der Waals surface area contributed by atoms with Crippen LogP contribution in [0.4, 0.5) is 0 Å². The number of hydrogen-bond donors (Lipinski definition) is 0. The van der Waals surface area contributed by atoms with E-state index in [1.807, 2.05) is 0 Å². The average molecular weight is 292 g/mol. The molecule has 0 N–H and O–H groups in total. The number of hydrogen-bond acceptors (Lipinski definition) is 2. The van der Waals surface area contributed by atoms with Crippen LogP contribution in [-0.2, 0) is 9.59 Å². The van der Waals surface area contributed by atoms with Gasteiger partial charge in [-0.05, 0) is 36.2 Å². The third kappa shape index (κ3) is 3.00. The van der Waals surface area contributed by atoms with Crippen LogP contribution in [0.1, 0.15) is 67.2 Å². The van der Waals surface area contributed by atoms with Crippen molar-refractivity contribution in [2.45, 2.75) is 67.2 Å². The van der Waals surface area contributed by atoms with Crippen LogP contribution in [0.25, 0.3) is 0 Å². The lowest BCUT2D eigenvalue weighted by Crippen LogP contribution is -2.57. The van der Waals surface area contributed by atoms with Crippen molar-refractivity contribution < 1.29 is 9.59 Å². The molecule has 0 heterocycles. The molecule has 1 aliphatic carbocycles. The minimum Gasteiger partial charge on any atom is -0.300 e. The molecule has 0 saturated heterocycles. The van der Waals surface area contributed by atoms with Gasteiger partial charge in [0.1, 0.15) is 5.78 Å². The summed E-state index contributed by atoms with van der Waals surface area (Å²) in [5.41, 5.74) is 0.0474. The van der Waals surface area contributed by atoms with Gasteiger partial charge >= 0.3 is 0 Å². The quantitative estimate of drug-likeness (QED) is 0.601. The molecule has 0 aliphatic heterocycles. The largest absolute Gasteiger partial charge is 0.300 e. The summed E-state index contributed by atoms with van der Waals surface area (Å²) >= 11 is 0. The molecule has 1 fully saturated rings. The molecule has 4 atom stereocenters. The minimum atomic E-state index is -0.0856. The lowest BCUT2D eigenvalue weighted by molar-refractivity contribution is -0.156. The van der Waals surface area contributed by atoms with E-state index in [-0.39, 0.29) is 40.2 Å². The summed E-state index contributed by atoms with van der Waals surface area (Å²) in [6.45, 7) is 16.3. The van der Waals surface area contributed by atoms with Crippen molar-refractivity contribution in [1.82, 2.24) is 0 Å². The summed E-state index contributed by atoms with van der Waals surface area (Å²) in [7, 11) is 0. The van der Waals surface area contributed by atoms with Gasteiger partial charge in [0.25, 0.3) is 0 Å². The van der Waals surface area contributed by atoms with Crippen molar-refractivity contribution in [2.24, 2.45) is 28.6 Å². The molecular weight excluding hydrogens is 260 g/mol. The normalized spacial score (nSPS) is 30.4. The van der Waals surface area contributed by atoms with E-state index in [1.165, 1.54) is 6.08 Å². The zero-order valence-electron chi connectivity index (χ0n) is 14.7. The molecule has 0 bridgehead atoms. The lowest BCUT2D eigenvalue weighted by Gasteiger charge is -2.58. The smallest absolute Gasteiger partial charge is 0.159 e. The van der Waals surface area contributed by atoms with Crippen molar-refractivity contribution in [1.29, 1.82) is 0 Å². The highest BCUT2D eigenvalue weighted by atomic mass is 16.1. The molecule has 0 aromatic rings. The second-order valence-electron chi connectivity index (χ2n) is 7.40. The SMILES string of the molecule is C=CC(=O)C(C1C(C(C)=O)CC1(C)CC)C(C)(CC)CC. The Kier molecular flexibility index (Phi) is 5.57. The van der Waals surface area contributed by atoms with Crippen LogP contribution in [0, 0.1) is 28.6 Å². The predicted molar refractivity (Wildman–Crippen MR) is 88.1 cm³/mol. The van der Waals surface area contributed by atoms with Gasteiger partial charge in [0.15, 0.2) is 5.78 Å². The summed E-state index contributed by atoms with van der Waals surface area (Å²) < 4.78 is 0. The molecule has 0 radical (unpaired) electrons. The van der Waals surface area contributed by atoms with E-state index < -0.39 is 0 Å². The van der Waals surface area contributed by atoms with Gasteiger partial charge in [0, 0.05) is 11.8 Å². The van der Waals surface area contributed by atoms with Crippen molar-refractivity contribution in [3.63, 3.8) is 0 Å². The van der Waals surface area contributed by atoms with Crippen LogP contribution < -0.4 is 0 Å². The first-order valence-corrected chi connectivity index (χ1v) is 8.37. The standard InChI is InChI=1S/C19H32O2/c1-8-15(21)17(18(6,9-2)10-3)16-14(13(5)20)12-19(16,7)11-4/h8,14,16-17H,1,9-12H2,2-7H3. The van der Waals surface area contributed by atoms with E-state index in [1.54, 1.807) is 6.92 Å².